The van der Waals surface area contributed by atoms with Gasteiger partial charge in [0.25, 0.3) is 5.91 Å². The Morgan fingerprint density at radius 3 is 2.83 bits per heavy atom. The topological polar surface area (TPSA) is 92.9 Å². The zero-order valence-electron chi connectivity index (χ0n) is 10.0. The number of aromatic nitrogens is 2. The smallest absolute Gasteiger partial charge is 0.269 e. The van der Waals surface area contributed by atoms with Crippen LogP contribution in [0.5, 0.6) is 0 Å². The summed E-state index contributed by atoms with van der Waals surface area (Å²) in [6.07, 6.45) is 3.30. The Labute approximate surface area is 108 Å². The van der Waals surface area contributed by atoms with Crippen molar-refractivity contribution in [3.63, 3.8) is 0 Å². The van der Waals surface area contributed by atoms with E-state index in [4.69, 9.17) is 5.73 Å². The molecule has 0 aliphatic carbocycles. The molecule has 0 aliphatic rings. The Morgan fingerprint density at radius 1 is 1.44 bits per heavy atom. The van der Waals surface area contributed by atoms with E-state index in [1.54, 1.807) is 19.4 Å². The van der Waals surface area contributed by atoms with Gasteiger partial charge in [-0.3, -0.25) is 9.78 Å². The summed E-state index contributed by atoms with van der Waals surface area (Å²) >= 11 is 1.21. The first-order chi connectivity index (χ1) is 8.60. The minimum absolute atomic E-state index is 0.225. The number of rotatable bonds is 3. The van der Waals surface area contributed by atoms with Crippen LogP contribution < -0.4 is 16.4 Å². The van der Waals surface area contributed by atoms with Crippen LogP contribution in [0, 0.1) is 6.92 Å². The molecule has 0 fully saturated rings. The predicted molar refractivity (Wildman–Crippen MR) is 73.0 cm³/mol. The van der Waals surface area contributed by atoms with Crippen molar-refractivity contribution < 1.29 is 4.79 Å². The van der Waals surface area contributed by atoms with E-state index in [-0.39, 0.29) is 11.7 Å². The van der Waals surface area contributed by atoms with Crippen LogP contribution >= 0.6 is 11.3 Å². The standard InChI is InChI=1S/C11H13N5OS/c1-6-3-7(5-14-4-6)15-10(17)8-9(12)16-11(13-2)18-8/h3-5H,12H2,1-2H3,(H,13,16)(H,15,17). The third-order valence-electron chi connectivity index (χ3n) is 2.21. The Bertz CT molecular complexity index is 581. The number of nitrogens with one attached hydrogen (secondary N) is 2. The molecule has 0 atom stereocenters. The summed E-state index contributed by atoms with van der Waals surface area (Å²) in [4.78, 5) is 20.4. The molecule has 18 heavy (non-hydrogen) atoms. The number of amides is 1. The average molecular weight is 263 g/mol. The Kier molecular flexibility index (Phi) is 3.42. The summed E-state index contributed by atoms with van der Waals surface area (Å²) in [6.45, 7) is 1.91. The summed E-state index contributed by atoms with van der Waals surface area (Å²) in [6, 6.07) is 1.83. The quantitative estimate of drug-likeness (QED) is 0.784. The van der Waals surface area contributed by atoms with E-state index in [2.05, 4.69) is 20.6 Å². The number of hydrogen-bond donors (Lipinski definition) is 3. The van der Waals surface area contributed by atoms with Crippen LogP contribution in [-0.2, 0) is 0 Å². The summed E-state index contributed by atoms with van der Waals surface area (Å²) in [7, 11) is 1.73. The zero-order chi connectivity index (χ0) is 13.1. The number of carbonyl (C=O) groups excluding carboxylic acids is 1. The molecule has 2 rings (SSSR count). The van der Waals surface area contributed by atoms with Crippen molar-refractivity contribution in [1.82, 2.24) is 9.97 Å². The number of nitrogen functional groups attached to an aromatic ring is 1. The van der Waals surface area contributed by atoms with Gasteiger partial charge in [-0.05, 0) is 18.6 Å². The zero-order valence-corrected chi connectivity index (χ0v) is 10.8. The van der Waals surface area contributed by atoms with Gasteiger partial charge in [-0.15, -0.1) is 0 Å². The maximum atomic E-state index is 12.0. The highest BCUT2D eigenvalue weighted by atomic mass is 32.1. The Hall–Kier alpha value is -2.15. The van der Waals surface area contributed by atoms with E-state index >= 15 is 0 Å². The minimum atomic E-state index is -0.279. The van der Waals surface area contributed by atoms with Crippen LogP contribution in [0.15, 0.2) is 18.5 Å². The van der Waals surface area contributed by atoms with Gasteiger partial charge in [0.2, 0.25) is 0 Å². The molecule has 0 spiro atoms. The minimum Gasteiger partial charge on any atom is -0.382 e. The van der Waals surface area contributed by atoms with Crippen LogP contribution in [0.3, 0.4) is 0 Å². The monoisotopic (exact) mass is 263 g/mol. The fraction of sp³-hybridized carbons (Fsp3) is 0.182. The molecule has 0 radical (unpaired) electrons. The molecular weight excluding hydrogens is 250 g/mol. The summed E-state index contributed by atoms with van der Waals surface area (Å²) < 4.78 is 0. The molecule has 2 aromatic heterocycles. The van der Waals surface area contributed by atoms with Crippen molar-refractivity contribution in [2.24, 2.45) is 0 Å². The second kappa shape index (κ2) is 5.01. The van der Waals surface area contributed by atoms with Gasteiger partial charge in [-0.1, -0.05) is 11.3 Å². The van der Waals surface area contributed by atoms with Gasteiger partial charge in [-0.25, -0.2) is 4.98 Å². The number of anilines is 3. The third kappa shape index (κ3) is 2.57. The van der Waals surface area contributed by atoms with E-state index in [1.807, 2.05) is 13.0 Å². The molecule has 94 valence electrons. The van der Waals surface area contributed by atoms with Crippen molar-refractivity contribution >= 4 is 33.9 Å². The summed E-state index contributed by atoms with van der Waals surface area (Å²) in [5.41, 5.74) is 7.30. The Morgan fingerprint density at radius 2 is 2.22 bits per heavy atom. The molecule has 0 saturated carbocycles. The molecule has 2 aromatic rings. The van der Waals surface area contributed by atoms with Crippen LogP contribution in [0.1, 0.15) is 15.2 Å². The second-order valence-corrected chi connectivity index (χ2v) is 4.69. The van der Waals surface area contributed by atoms with Crippen molar-refractivity contribution in [2.75, 3.05) is 23.4 Å². The first-order valence-corrected chi connectivity index (χ1v) is 6.09. The molecule has 0 aliphatic heterocycles. The highest BCUT2D eigenvalue weighted by Crippen LogP contribution is 2.25. The average Bonchev–Trinajstić information content (AvgIpc) is 2.70. The second-order valence-electron chi connectivity index (χ2n) is 3.69. The van der Waals surface area contributed by atoms with Gasteiger partial charge in [0.05, 0.1) is 11.9 Å². The third-order valence-corrected chi connectivity index (χ3v) is 3.29. The van der Waals surface area contributed by atoms with Gasteiger partial charge in [0.15, 0.2) is 5.13 Å². The highest BCUT2D eigenvalue weighted by Gasteiger charge is 2.15. The van der Waals surface area contributed by atoms with E-state index in [0.717, 1.165) is 5.56 Å². The molecule has 1 amide bonds. The first kappa shape index (κ1) is 12.3. The molecule has 7 heteroatoms. The number of hydrogen-bond acceptors (Lipinski definition) is 6. The lowest BCUT2D eigenvalue weighted by atomic mass is 10.3. The molecule has 0 saturated heterocycles. The predicted octanol–water partition coefficient (Wildman–Crippen LogP) is 1.72. The molecular formula is C11H13N5OS. The van der Waals surface area contributed by atoms with Crippen LogP contribution in [-0.4, -0.2) is 22.9 Å². The fourth-order valence-electron chi connectivity index (χ4n) is 1.41. The number of pyridine rings is 1. The molecule has 6 nitrogen and oxygen atoms in total. The lowest BCUT2D eigenvalue weighted by Crippen LogP contribution is -2.12. The van der Waals surface area contributed by atoms with Crippen molar-refractivity contribution in [3.05, 3.63) is 28.9 Å². The van der Waals surface area contributed by atoms with Crippen molar-refractivity contribution in [1.29, 1.82) is 0 Å². The molecule has 0 aromatic carbocycles. The van der Waals surface area contributed by atoms with Gasteiger partial charge >= 0.3 is 0 Å². The Balaban J connectivity index is 2.19. The molecule has 4 N–H and O–H groups in total. The van der Waals surface area contributed by atoms with Crippen molar-refractivity contribution in [3.8, 4) is 0 Å². The number of thiazole rings is 1. The first-order valence-electron chi connectivity index (χ1n) is 5.27. The molecule has 0 unspecified atom stereocenters. The molecule has 0 bridgehead atoms. The number of carbonyl (C=O) groups is 1. The number of nitrogens with two attached hydrogens (primary N) is 1. The van der Waals surface area contributed by atoms with Gasteiger partial charge in [0.1, 0.15) is 10.7 Å². The largest absolute Gasteiger partial charge is 0.382 e. The normalized spacial score (nSPS) is 10.1. The maximum Gasteiger partial charge on any atom is 0.269 e. The van der Waals surface area contributed by atoms with Crippen LogP contribution in [0.2, 0.25) is 0 Å². The van der Waals surface area contributed by atoms with E-state index < -0.39 is 0 Å². The van der Waals surface area contributed by atoms with Gasteiger partial charge in [0, 0.05) is 13.2 Å². The van der Waals surface area contributed by atoms with E-state index in [0.29, 0.717) is 15.7 Å². The van der Waals surface area contributed by atoms with E-state index in [1.165, 1.54) is 11.3 Å². The lowest BCUT2D eigenvalue weighted by molar-refractivity contribution is 0.103. The summed E-state index contributed by atoms with van der Waals surface area (Å²) in [5.74, 6) is -0.0543. The lowest BCUT2D eigenvalue weighted by Gasteiger charge is -2.03. The summed E-state index contributed by atoms with van der Waals surface area (Å²) in [5, 5.41) is 6.20. The molecule has 2 heterocycles. The van der Waals surface area contributed by atoms with Crippen LogP contribution in [0.4, 0.5) is 16.6 Å². The van der Waals surface area contributed by atoms with Crippen LogP contribution in [0.25, 0.3) is 0 Å². The highest BCUT2D eigenvalue weighted by molar-refractivity contribution is 7.18. The van der Waals surface area contributed by atoms with Gasteiger partial charge in [-0.2, -0.15) is 0 Å². The SMILES string of the molecule is CNc1nc(N)c(C(=O)Nc2cncc(C)c2)s1. The maximum absolute atomic E-state index is 12.0. The van der Waals surface area contributed by atoms with Crippen molar-refractivity contribution in [2.45, 2.75) is 6.92 Å². The van der Waals surface area contributed by atoms with Gasteiger partial charge < -0.3 is 16.4 Å². The van der Waals surface area contributed by atoms with E-state index in [9.17, 15) is 4.79 Å². The number of aryl methyl sites for hydroxylation is 1. The fourth-order valence-corrected chi connectivity index (χ4v) is 2.15. The number of nitrogens with zero attached hydrogens (tertiary/aromatic N) is 2.